The third-order valence-electron chi connectivity index (χ3n) is 3.97. The first-order valence-electron chi connectivity index (χ1n) is 8.35. The van der Waals surface area contributed by atoms with E-state index in [9.17, 15) is 0 Å². The Labute approximate surface area is 164 Å². The number of thioether (sulfide) groups is 1. The molecule has 28 heavy (non-hydrogen) atoms. The number of hydrogen-bond donors (Lipinski definition) is 0. The van der Waals surface area contributed by atoms with E-state index in [1.165, 1.54) is 11.8 Å². The summed E-state index contributed by atoms with van der Waals surface area (Å²) in [4.78, 5) is 8.75. The van der Waals surface area contributed by atoms with E-state index in [-0.39, 0.29) is 13.6 Å². The molecule has 0 amide bonds. The molecule has 0 saturated heterocycles. The van der Waals surface area contributed by atoms with Crippen LogP contribution in [-0.2, 0) is 0 Å². The van der Waals surface area contributed by atoms with Gasteiger partial charge in [-0.15, -0.1) is 0 Å². The number of aromatic nitrogens is 2. The Hall–Kier alpha value is -3.33. The molecule has 0 fully saturated rings. The second kappa shape index (κ2) is 7.01. The van der Waals surface area contributed by atoms with Crippen molar-refractivity contribution in [1.29, 1.82) is 0 Å². The standard InChI is InChI=1S/C19H14N2O6S/c1-28-19-20-17(26-11-2-4-13-15(6-11)24-9-22-13)8-18(21-19)27-12-3-5-14-16(7-12)25-10-23-14/h2-8H,9-10H2,1H3. The van der Waals surface area contributed by atoms with E-state index in [1.807, 2.05) is 6.26 Å². The SMILES string of the molecule is CSc1nc(Oc2ccc3c(c2)OCO3)cc(Oc2ccc3c(c2)OCO3)n1. The van der Waals surface area contributed by atoms with Crippen LogP contribution in [0.3, 0.4) is 0 Å². The van der Waals surface area contributed by atoms with Crippen molar-refractivity contribution in [3.8, 4) is 46.3 Å². The van der Waals surface area contributed by atoms with E-state index in [0.29, 0.717) is 51.4 Å². The molecule has 3 heterocycles. The fourth-order valence-electron chi connectivity index (χ4n) is 2.70. The minimum Gasteiger partial charge on any atom is -0.454 e. The lowest BCUT2D eigenvalue weighted by molar-refractivity contribution is 0.173. The van der Waals surface area contributed by atoms with Crippen LogP contribution in [0.25, 0.3) is 0 Å². The highest BCUT2D eigenvalue weighted by atomic mass is 32.2. The monoisotopic (exact) mass is 398 g/mol. The summed E-state index contributed by atoms with van der Waals surface area (Å²) in [7, 11) is 0. The molecule has 5 rings (SSSR count). The zero-order chi connectivity index (χ0) is 18.9. The molecule has 0 aliphatic carbocycles. The molecule has 0 spiro atoms. The van der Waals surface area contributed by atoms with Crippen LogP contribution in [0.15, 0.2) is 47.6 Å². The van der Waals surface area contributed by atoms with E-state index >= 15 is 0 Å². The Morgan fingerprint density at radius 2 is 1.21 bits per heavy atom. The third kappa shape index (κ3) is 3.31. The maximum absolute atomic E-state index is 5.87. The van der Waals surface area contributed by atoms with Crippen molar-refractivity contribution >= 4 is 11.8 Å². The van der Waals surface area contributed by atoms with Crippen molar-refractivity contribution in [3.63, 3.8) is 0 Å². The Balaban J connectivity index is 1.40. The van der Waals surface area contributed by atoms with Gasteiger partial charge in [-0.2, -0.15) is 9.97 Å². The van der Waals surface area contributed by atoms with Crippen LogP contribution in [0.1, 0.15) is 0 Å². The number of fused-ring (bicyclic) bond motifs is 2. The molecular formula is C19H14N2O6S. The lowest BCUT2D eigenvalue weighted by Crippen LogP contribution is -1.96. The van der Waals surface area contributed by atoms with Gasteiger partial charge in [0.1, 0.15) is 11.5 Å². The van der Waals surface area contributed by atoms with Crippen molar-refractivity contribution < 1.29 is 28.4 Å². The fourth-order valence-corrected chi connectivity index (χ4v) is 3.06. The lowest BCUT2D eigenvalue weighted by atomic mass is 10.3. The predicted molar refractivity (Wildman–Crippen MR) is 99.1 cm³/mol. The second-order valence-electron chi connectivity index (χ2n) is 5.77. The minimum atomic E-state index is 0.205. The number of benzene rings is 2. The highest BCUT2D eigenvalue weighted by Crippen LogP contribution is 2.38. The molecule has 0 N–H and O–H groups in total. The summed E-state index contributed by atoms with van der Waals surface area (Å²) < 4.78 is 33.1. The van der Waals surface area contributed by atoms with Gasteiger partial charge in [0.25, 0.3) is 0 Å². The van der Waals surface area contributed by atoms with Crippen LogP contribution in [-0.4, -0.2) is 29.8 Å². The molecule has 0 radical (unpaired) electrons. The molecule has 1 aromatic heterocycles. The van der Waals surface area contributed by atoms with Crippen LogP contribution in [0.5, 0.6) is 46.3 Å². The molecule has 2 aliphatic heterocycles. The summed E-state index contributed by atoms with van der Waals surface area (Å²) in [6, 6.07) is 12.3. The average molecular weight is 398 g/mol. The molecule has 3 aromatic rings. The maximum Gasteiger partial charge on any atom is 0.231 e. The van der Waals surface area contributed by atoms with E-state index in [0.717, 1.165) is 0 Å². The molecule has 0 unspecified atom stereocenters. The van der Waals surface area contributed by atoms with Crippen molar-refractivity contribution in [2.75, 3.05) is 19.8 Å². The number of ether oxygens (including phenoxy) is 6. The first-order chi connectivity index (χ1) is 13.8. The Kier molecular flexibility index (Phi) is 4.21. The van der Waals surface area contributed by atoms with E-state index in [1.54, 1.807) is 42.5 Å². The smallest absolute Gasteiger partial charge is 0.231 e. The molecule has 9 heteroatoms. The summed E-state index contributed by atoms with van der Waals surface area (Å²) >= 11 is 1.39. The number of nitrogens with zero attached hydrogens (tertiary/aromatic N) is 2. The van der Waals surface area contributed by atoms with Crippen molar-refractivity contribution in [2.24, 2.45) is 0 Å². The van der Waals surface area contributed by atoms with Gasteiger partial charge in [0.2, 0.25) is 25.3 Å². The first kappa shape index (κ1) is 16.8. The van der Waals surface area contributed by atoms with E-state index in [2.05, 4.69) is 9.97 Å². The largest absolute Gasteiger partial charge is 0.454 e. The summed E-state index contributed by atoms with van der Waals surface area (Å²) in [5.41, 5.74) is 0. The second-order valence-corrected chi connectivity index (χ2v) is 6.54. The molecular weight excluding hydrogens is 384 g/mol. The maximum atomic E-state index is 5.87. The summed E-state index contributed by atoms with van der Waals surface area (Å²) in [6.45, 7) is 0.410. The van der Waals surface area contributed by atoms with Crippen LogP contribution in [0, 0.1) is 0 Å². The average Bonchev–Trinajstić information content (AvgIpc) is 3.36. The van der Waals surface area contributed by atoms with Gasteiger partial charge < -0.3 is 28.4 Å². The van der Waals surface area contributed by atoms with Crippen LogP contribution in [0.4, 0.5) is 0 Å². The van der Waals surface area contributed by atoms with Crippen LogP contribution < -0.4 is 28.4 Å². The molecule has 142 valence electrons. The quantitative estimate of drug-likeness (QED) is 0.463. The summed E-state index contributed by atoms with van der Waals surface area (Å²) in [5, 5.41) is 0.522. The fraction of sp³-hybridized carbons (Fsp3) is 0.158. The van der Waals surface area contributed by atoms with Gasteiger partial charge >= 0.3 is 0 Å². The van der Waals surface area contributed by atoms with Gasteiger partial charge in [-0.3, -0.25) is 0 Å². The minimum absolute atomic E-state index is 0.205. The van der Waals surface area contributed by atoms with Crippen LogP contribution in [0.2, 0.25) is 0 Å². The van der Waals surface area contributed by atoms with Gasteiger partial charge in [0, 0.05) is 12.1 Å². The van der Waals surface area contributed by atoms with Crippen molar-refractivity contribution in [2.45, 2.75) is 5.16 Å². The van der Waals surface area contributed by atoms with E-state index in [4.69, 9.17) is 28.4 Å². The number of hydrogen-bond acceptors (Lipinski definition) is 9. The molecule has 0 saturated carbocycles. The van der Waals surface area contributed by atoms with Gasteiger partial charge in [-0.25, -0.2) is 0 Å². The van der Waals surface area contributed by atoms with Gasteiger partial charge in [-0.1, -0.05) is 11.8 Å². The molecule has 2 aliphatic rings. The molecule has 2 aromatic carbocycles. The van der Waals surface area contributed by atoms with E-state index < -0.39 is 0 Å². The zero-order valence-electron chi connectivity index (χ0n) is 14.7. The van der Waals surface area contributed by atoms with Crippen molar-refractivity contribution in [3.05, 3.63) is 42.5 Å². The Bertz CT molecular complexity index is 967. The van der Waals surface area contributed by atoms with Crippen LogP contribution >= 0.6 is 11.8 Å². The predicted octanol–water partition coefficient (Wildman–Crippen LogP) is 4.24. The van der Waals surface area contributed by atoms with Gasteiger partial charge in [-0.05, 0) is 30.5 Å². The van der Waals surface area contributed by atoms with Gasteiger partial charge in [0.05, 0.1) is 6.07 Å². The summed E-state index contributed by atoms with van der Waals surface area (Å²) in [6.07, 6.45) is 1.88. The zero-order valence-corrected chi connectivity index (χ0v) is 15.5. The topological polar surface area (TPSA) is 81.2 Å². The van der Waals surface area contributed by atoms with Gasteiger partial charge in [0.15, 0.2) is 28.2 Å². The lowest BCUT2D eigenvalue weighted by Gasteiger charge is -2.10. The highest BCUT2D eigenvalue weighted by molar-refractivity contribution is 7.98. The number of rotatable bonds is 5. The molecule has 0 bridgehead atoms. The highest BCUT2D eigenvalue weighted by Gasteiger charge is 2.17. The third-order valence-corrected chi connectivity index (χ3v) is 4.52. The Morgan fingerprint density at radius 3 is 1.71 bits per heavy atom. The van der Waals surface area contributed by atoms with Crippen molar-refractivity contribution in [1.82, 2.24) is 9.97 Å². The Morgan fingerprint density at radius 1 is 0.714 bits per heavy atom. The first-order valence-corrected chi connectivity index (χ1v) is 9.57. The summed E-state index contributed by atoms with van der Waals surface area (Å²) in [5.74, 6) is 4.50. The molecule has 0 atom stereocenters. The normalized spacial score (nSPS) is 13.5. The molecule has 8 nitrogen and oxygen atoms in total.